The number of likely N-dealkylation sites (tertiary alicyclic amines) is 1. The Morgan fingerprint density at radius 1 is 1.19 bits per heavy atom. The first-order valence-corrected chi connectivity index (χ1v) is 9.08. The van der Waals surface area contributed by atoms with E-state index in [2.05, 4.69) is 47.1 Å². The van der Waals surface area contributed by atoms with E-state index in [0.29, 0.717) is 6.04 Å². The average Bonchev–Trinajstić information content (AvgIpc) is 3.34. The summed E-state index contributed by atoms with van der Waals surface area (Å²) in [5.41, 5.74) is 3.55. The van der Waals surface area contributed by atoms with Crippen LogP contribution in [0.15, 0.2) is 55.1 Å². The molecule has 134 valence electrons. The van der Waals surface area contributed by atoms with E-state index in [-0.39, 0.29) is 0 Å². The highest BCUT2D eigenvalue weighted by atomic mass is 16.5. The highest BCUT2D eigenvalue weighted by Crippen LogP contribution is 2.34. The van der Waals surface area contributed by atoms with Crippen molar-refractivity contribution in [1.82, 2.24) is 19.4 Å². The molecule has 0 amide bonds. The second-order valence-corrected chi connectivity index (χ2v) is 6.79. The van der Waals surface area contributed by atoms with Gasteiger partial charge in [-0.05, 0) is 44.0 Å². The number of ether oxygens (including phenoxy) is 1. The Hall–Kier alpha value is -2.66. The number of methoxy groups -OCH3 is 1. The van der Waals surface area contributed by atoms with E-state index in [1.165, 1.54) is 17.5 Å². The number of nitrogens with zero attached hydrogens (tertiary/aromatic N) is 4. The minimum atomic E-state index is 0.337. The van der Waals surface area contributed by atoms with Crippen molar-refractivity contribution in [3.05, 3.63) is 71.9 Å². The van der Waals surface area contributed by atoms with Gasteiger partial charge >= 0.3 is 0 Å². The summed E-state index contributed by atoms with van der Waals surface area (Å²) < 4.78 is 7.59. The van der Waals surface area contributed by atoms with Gasteiger partial charge in [0.05, 0.1) is 18.8 Å². The molecule has 1 unspecified atom stereocenters. The molecule has 1 atom stereocenters. The molecule has 0 radical (unpaired) electrons. The van der Waals surface area contributed by atoms with Gasteiger partial charge in [-0.15, -0.1) is 0 Å². The first-order chi connectivity index (χ1) is 12.8. The van der Waals surface area contributed by atoms with Crippen LogP contribution >= 0.6 is 0 Å². The standard InChI is InChI=1S/C21H24N4O/c1-16-6-3-7-17(21(16)26-2)14-24-12-5-9-19(24)18-8-4-10-20(23-18)25-13-11-22-15-25/h3-4,6-8,10-11,13,15,19H,5,9,12,14H2,1-2H3. The normalized spacial score (nSPS) is 17.5. The van der Waals surface area contributed by atoms with Crippen molar-refractivity contribution in [3.63, 3.8) is 0 Å². The summed E-state index contributed by atoms with van der Waals surface area (Å²) >= 11 is 0. The number of hydrogen-bond acceptors (Lipinski definition) is 4. The number of imidazole rings is 1. The summed E-state index contributed by atoms with van der Waals surface area (Å²) in [5, 5.41) is 0. The van der Waals surface area contributed by atoms with E-state index in [1.54, 1.807) is 19.6 Å². The molecule has 1 aliphatic rings. The van der Waals surface area contributed by atoms with E-state index in [9.17, 15) is 0 Å². The molecule has 2 aromatic heterocycles. The van der Waals surface area contributed by atoms with Crippen molar-refractivity contribution in [2.24, 2.45) is 0 Å². The Kier molecular flexibility index (Phi) is 4.71. The van der Waals surface area contributed by atoms with Gasteiger partial charge in [-0.2, -0.15) is 0 Å². The number of aryl methyl sites for hydroxylation is 1. The van der Waals surface area contributed by atoms with Crippen molar-refractivity contribution >= 4 is 0 Å². The summed E-state index contributed by atoms with van der Waals surface area (Å²) in [4.78, 5) is 11.5. The quantitative estimate of drug-likeness (QED) is 0.701. The van der Waals surface area contributed by atoms with E-state index < -0.39 is 0 Å². The fourth-order valence-electron chi connectivity index (χ4n) is 3.86. The first-order valence-electron chi connectivity index (χ1n) is 9.08. The van der Waals surface area contributed by atoms with Gasteiger partial charge in [0, 0.05) is 24.5 Å². The van der Waals surface area contributed by atoms with Crippen molar-refractivity contribution < 1.29 is 4.74 Å². The Morgan fingerprint density at radius 2 is 2.08 bits per heavy atom. The van der Waals surface area contributed by atoms with Gasteiger partial charge in [0.25, 0.3) is 0 Å². The highest BCUT2D eigenvalue weighted by Gasteiger charge is 2.28. The van der Waals surface area contributed by atoms with Gasteiger partial charge in [0.2, 0.25) is 0 Å². The Balaban J connectivity index is 1.60. The van der Waals surface area contributed by atoms with Gasteiger partial charge in [0.15, 0.2) is 0 Å². The Bertz CT molecular complexity index is 875. The number of aromatic nitrogens is 3. The zero-order valence-corrected chi connectivity index (χ0v) is 15.3. The van der Waals surface area contributed by atoms with Gasteiger partial charge in [-0.25, -0.2) is 9.97 Å². The van der Waals surface area contributed by atoms with E-state index in [0.717, 1.165) is 36.8 Å². The monoisotopic (exact) mass is 348 g/mol. The third-order valence-corrected chi connectivity index (χ3v) is 5.10. The van der Waals surface area contributed by atoms with E-state index in [1.807, 2.05) is 16.8 Å². The molecule has 3 aromatic rings. The van der Waals surface area contributed by atoms with Gasteiger partial charge in [0.1, 0.15) is 17.9 Å². The maximum atomic E-state index is 5.64. The van der Waals surface area contributed by atoms with Gasteiger partial charge < -0.3 is 4.74 Å². The molecule has 4 rings (SSSR count). The number of para-hydroxylation sites is 1. The Labute approximate surface area is 154 Å². The number of rotatable bonds is 5. The minimum absolute atomic E-state index is 0.337. The predicted molar refractivity (Wildman–Crippen MR) is 101 cm³/mol. The molecule has 5 nitrogen and oxygen atoms in total. The second kappa shape index (κ2) is 7.30. The lowest BCUT2D eigenvalue weighted by Gasteiger charge is -2.25. The predicted octanol–water partition coefficient (Wildman–Crippen LogP) is 3.92. The number of hydrogen-bond donors (Lipinski definition) is 0. The van der Waals surface area contributed by atoms with Crippen LogP contribution in [0.4, 0.5) is 0 Å². The lowest BCUT2D eigenvalue weighted by Crippen LogP contribution is -2.24. The van der Waals surface area contributed by atoms with Crippen LogP contribution in [0.3, 0.4) is 0 Å². The molecular weight excluding hydrogens is 324 g/mol. The smallest absolute Gasteiger partial charge is 0.138 e. The lowest BCUT2D eigenvalue weighted by atomic mass is 10.1. The van der Waals surface area contributed by atoms with Crippen molar-refractivity contribution in [2.45, 2.75) is 32.4 Å². The van der Waals surface area contributed by atoms with Crippen molar-refractivity contribution in [2.75, 3.05) is 13.7 Å². The lowest BCUT2D eigenvalue weighted by molar-refractivity contribution is 0.240. The maximum absolute atomic E-state index is 5.64. The minimum Gasteiger partial charge on any atom is -0.496 e. The van der Waals surface area contributed by atoms with E-state index in [4.69, 9.17) is 9.72 Å². The summed E-state index contributed by atoms with van der Waals surface area (Å²) in [6.45, 7) is 4.06. The second-order valence-electron chi connectivity index (χ2n) is 6.79. The van der Waals surface area contributed by atoms with Crippen LogP contribution in [0.25, 0.3) is 5.82 Å². The molecule has 1 aromatic carbocycles. The molecule has 1 saturated heterocycles. The summed E-state index contributed by atoms with van der Waals surface area (Å²) in [5.74, 6) is 1.92. The maximum Gasteiger partial charge on any atom is 0.138 e. The number of pyridine rings is 1. The molecule has 3 heterocycles. The Morgan fingerprint density at radius 3 is 2.88 bits per heavy atom. The fourth-order valence-corrected chi connectivity index (χ4v) is 3.86. The SMILES string of the molecule is COc1c(C)cccc1CN1CCCC1c1cccc(-n2ccnc2)n1. The van der Waals surface area contributed by atoms with Crippen molar-refractivity contribution in [1.29, 1.82) is 0 Å². The number of benzene rings is 1. The zero-order chi connectivity index (χ0) is 17.9. The summed E-state index contributed by atoms with van der Waals surface area (Å²) in [7, 11) is 1.75. The third-order valence-electron chi connectivity index (χ3n) is 5.10. The largest absolute Gasteiger partial charge is 0.496 e. The van der Waals surface area contributed by atoms with Crippen LogP contribution in [-0.4, -0.2) is 33.1 Å². The molecule has 0 N–H and O–H groups in total. The topological polar surface area (TPSA) is 43.2 Å². The van der Waals surface area contributed by atoms with Crippen LogP contribution in [0.5, 0.6) is 5.75 Å². The van der Waals surface area contributed by atoms with Gasteiger partial charge in [-0.3, -0.25) is 9.47 Å². The third kappa shape index (κ3) is 3.22. The molecule has 26 heavy (non-hydrogen) atoms. The summed E-state index contributed by atoms with van der Waals surface area (Å²) in [6.07, 6.45) is 7.82. The molecule has 0 bridgehead atoms. The summed E-state index contributed by atoms with van der Waals surface area (Å²) in [6, 6.07) is 12.9. The van der Waals surface area contributed by atoms with Crippen LogP contribution < -0.4 is 4.74 Å². The van der Waals surface area contributed by atoms with Crippen LogP contribution in [0, 0.1) is 6.92 Å². The molecule has 1 aliphatic heterocycles. The fraction of sp³-hybridized carbons (Fsp3) is 0.333. The molecule has 0 aliphatic carbocycles. The molecule has 5 heteroatoms. The molecule has 0 spiro atoms. The zero-order valence-electron chi connectivity index (χ0n) is 15.3. The highest BCUT2D eigenvalue weighted by molar-refractivity contribution is 5.40. The van der Waals surface area contributed by atoms with Crippen LogP contribution in [0.2, 0.25) is 0 Å². The molecule has 0 saturated carbocycles. The van der Waals surface area contributed by atoms with Crippen LogP contribution in [-0.2, 0) is 6.54 Å². The molecular formula is C21H24N4O. The van der Waals surface area contributed by atoms with Crippen LogP contribution in [0.1, 0.15) is 35.7 Å². The van der Waals surface area contributed by atoms with E-state index >= 15 is 0 Å². The molecule has 1 fully saturated rings. The average molecular weight is 348 g/mol. The van der Waals surface area contributed by atoms with Crippen molar-refractivity contribution in [3.8, 4) is 11.6 Å². The van der Waals surface area contributed by atoms with Gasteiger partial charge in [-0.1, -0.05) is 24.3 Å². The first kappa shape index (κ1) is 16.8.